The van der Waals surface area contributed by atoms with E-state index in [9.17, 15) is 8.42 Å². The molecule has 0 N–H and O–H groups in total. The highest BCUT2D eigenvalue weighted by Gasteiger charge is 2.28. The topological polar surface area (TPSA) is 55.2 Å². The first-order valence-corrected chi connectivity index (χ1v) is 17.6. The average Bonchev–Trinajstić information content (AvgIpc) is 3.73. The van der Waals surface area contributed by atoms with Gasteiger partial charge in [0, 0.05) is 23.7 Å². The third-order valence-electron chi connectivity index (χ3n) is 8.14. The lowest BCUT2D eigenvalue weighted by Gasteiger charge is -2.25. The lowest BCUT2D eigenvalue weighted by atomic mass is 9.86. The summed E-state index contributed by atoms with van der Waals surface area (Å²) in [5, 5.41) is 5.74. The molecule has 5 aromatic rings. The largest absolute Gasteiger partial charge is 0.290 e. The number of sulfone groups is 1. The van der Waals surface area contributed by atoms with Gasteiger partial charge >= 0.3 is 0 Å². The van der Waals surface area contributed by atoms with Gasteiger partial charge in [-0.2, -0.15) is 5.10 Å². The number of rotatable bonds is 7. The summed E-state index contributed by atoms with van der Waals surface area (Å²) in [6.45, 7) is 8.52. The predicted molar refractivity (Wildman–Crippen MR) is 178 cm³/mol. The molecule has 0 saturated carbocycles. The van der Waals surface area contributed by atoms with Gasteiger partial charge in [-0.25, -0.2) is 13.1 Å². The van der Waals surface area contributed by atoms with Crippen molar-refractivity contribution in [3.8, 4) is 26.7 Å². The Morgan fingerprint density at radius 3 is 2.40 bits per heavy atom. The molecule has 1 atom stereocenters. The van der Waals surface area contributed by atoms with Crippen LogP contribution in [0.4, 0.5) is 0 Å². The van der Waals surface area contributed by atoms with Crippen LogP contribution in [0, 0.1) is 0 Å². The molecule has 8 heteroatoms. The van der Waals surface area contributed by atoms with Crippen molar-refractivity contribution in [2.75, 3.05) is 12.8 Å². The van der Waals surface area contributed by atoms with Crippen molar-refractivity contribution in [3.63, 3.8) is 0 Å². The number of aromatic nitrogens is 2. The molecule has 0 radical (unpaired) electrons. The summed E-state index contributed by atoms with van der Waals surface area (Å²) in [6.07, 6.45) is 3.53. The van der Waals surface area contributed by atoms with E-state index in [0.29, 0.717) is 16.0 Å². The fraction of sp³-hybridized carbons (Fsp3) is 0.286. The summed E-state index contributed by atoms with van der Waals surface area (Å²) >= 11 is 8.30. The Labute approximate surface area is 263 Å². The molecule has 1 aliphatic rings. The maximum absolute atomic E-state index is 12.2. The van der Waals surface area contributed by atoms with Crippen LogP contribution in [-0.4, -0.2) is 35.9 Å². The third kappa shape index (κ3) is 6.36. The maximum atomic E-state index is 12.2. The van der Waals surface area contributed by atoms with E-state index < -0.39 is 9.84 Å². The molecular weight excluding hydrogens is 594 g/mol. The van der Waals surface area contributed by atoms with Crippen LogP contribution >= 0.6 is 22.9 Å². The van der Waals surface area contributed by atoms with E-state index in [4.69, 9.17) is 16.7 Å². The van der Waals surface area contributed by atoms with Crippen molar-refractivity contribution >= 4 is 32.8 Å². The molecule has 0 amide bonds. The molecule has 1 fully saturated rings. The van der Waals surface area contributed by atoms with E-state index in [1.54, 1.807) is 29.5 Å². The van der Waals surface area contributed by atoms with Gasteiger partial charge in [0.15, 0.2) is 9.84 Å². The van der Waals surface area contributed by atoms with Crippen LogP contribution in [0.25, 0.3) is 26.7 Å². The number of hydrogen-bond donors (Lipinski definition) is 0. The number of likely N-dealkylation sites (tertiary alicyclic amines) is 1. The highest BCUT2D eigenvalue weighted by molar-refractivity contribution is 7.90. The first-order chi connectivity index (χ1) is 20.5. The number of halogens is 1. The second-order valence-corrected chi connectivity index (χ2v) is 15.9. The van der Waals surface area contributed by atoms with E-state index >= 15 is 0 Å². The minimum absolute atomic E-state index is 0.133. The van der Waals surface area contributed by atoms with Crippen LogP contribution in [-0.2, 0) is 21.8 Å². The molecule has 0 aliphatic carbocycles. The van der Waals surface area contributed by atoms with Crippen molar-refractivity contribution in [2.24, 2.45) is 0 Å². The van der Waals surface area contributed by atoms with Crippen LogP contribution in [0.1, 0.15) is 56.5 Å². The molecule has 43 heavy (non-hydrogen) atoms. The zero-order valence-corrected chi connectivity index (χ0v) is 27.3. The second-order valence-electron chi connectivity index (χ2n) is 12.3. The molecule has 3 heterocycles. The number of benzene rings is 3. The van der Waals surface area contributed by atoms with Crippen molar-refractivity contribution < 1.29 is 8.42 Å². The Morgan fingerprint density at radius 2 is 1.67 bits per heavy atom. The van der Waals surface area contributed by atoms with Gasteiger partial charge in [0.05, 0.1) is 31.9 Å². The number of nitrogens with zero attached hydrogens (tertiary/aromatic N) is 3. The second kappa shape index (κ2) is 11.7. The fourth-order valence-electron chi connectivity index (χ4n) is 5.81. The molecule has 1 unspecified atom stereocenters. The summed E-state index contributed by atoms with van der Waals surface area (Å²) in [6, 6.07) is 30.7. The SMILES string of the molecule is CC(C)(C)c1ccc(C2CCCN2Cc2cc(-c3ccc(-c4cccc(S(C)(=O)=O)c4)s3)n(-c3ccccc3Cl)n2)cc1. The van der Waals surface area contributed by atoms with Crippen molar-refractivity contribution in [2.45, 2.75) is 56.5 Å². The Morgan fingerprint density at radius 1 is 0.930 bits per heavy atom. The molecule has 5 nitrogen and oxygen atoms in total. The minimum atomic E-state index is -3.30. The minimum Gasteiger partial charge on any atom is -0.290 e. The third-order valence-corrected chi connectivity index (χ3v) is 10.7. The fourth-order valence-corrected chi connectivity index (χ4v) is 7.69. The standard InChI is InChI=1S/C35H36ClN3O2S2/c1-35(2,3)26-16-14-24(15-17-26)30-13-8-20-38(30)23-27-22-32(39(37-27)31-12-6-5-11-29(31)36)34-19-18-33(42-34)25-9-7-10-28(21-25)43(4,40)41/h5-7,9-12,14-19,21-22,30H,8,13,20,23H2,1-4H3. The van der Waals surface area contributed by atoms with Crippen LogP contribution in [0.3, 0.4) is 0 Å². The van der Waals surface area contributed by atoms with Crippen LogP contribution in [0.15, 0.2) is 95.9 Å². The first kappa shape index (κ1) is 29.8. The molecule has 6 rings (SSSR count). The Hall–Kier alpha value is -3.23. The summed E-state index contributed by atoms with van der Waals surface area (Å²) in [4.78, 5) is 4.88. The lowest BCUT2D eigenvalue weighted by Crippen LogP contribution is -2.23. The summed E-state index contributed by atoms with van der Waals surface area (Å²) in [5.41, 5.74) is 6.49. The Kier molecular flexibility index (Phi) is 8.11. The number of para-hydroxylation sites is 1. The molecule has 1 saturated heterocycles. The van der Waals surface area contributed by atoms with Gasteiger partial charge in [-0.3, -0.25) is 4.90 Å². The summed E-state index contributed by atoms with van der Waals surface area (Å²) in [7, 11) is -3.30. The number of hydrogen-bond acceptors (Lipinski definition) is 5. The normalized spacial score (nSPS) is 16.2. The molecule has 0 bridgehead atoms. The average molecular weight is 630 g/mol. The first-order valence-electron chi connectivity index (χ1n) is 14.6. The molecule has 1 aliphatic heterocycles. The van der Waals surface area contributed by atoms with Gasteiger partial charge in [0.2, 0.25) is 0 Å². The number of thiophene rings is 1. The van der Waals surface area contributed by atoms with Gasteiger partial charge < -0.3 is 0 Å². The lowest BCUT2D eigenvalue weighted by molar-refractivity contribution is 0.245. The zero-order valence-electron chi connectivity index (χ0n) is 24.9. The van der Waals surface area contributed by atoms with Crippen LogP contribution in [0.2, 0.25) is 5.02 Å². The monoisotopic (exact) mass is 629 g/mol. The van der Waals surface area contributed by atoms with E-state index in [1.807, 2.05) is 41.1 Å². The molecular formula is C35H36ClN3O2S2. The Bertz CT molecular complexity index is 1870. The predicted octanol–water partition coefficient (Wildman–Crippen LogP) is 8.96. The van der Waals surface area contributed by atoms with Crippen molar-refractivity contribution in [3.05, 3.63) is 113 Å². The van der Waals surface area contributed by atoms with Gasteiger partial charge in [0.1, 0.15) is 0 Å². The van der Waals surface area contributed by atoms with Crippen LogP contribution < -0.4 is 0 Å². The maximum Gasteiger partial charge on any atom is 0.175 e. The highest BCUT2D eigenvalue weighted by Crippen LogP contribution is 2.39. The Balaban J connectivity index is 1.34. The smallest absolute Gasteiger partial charge is 0.175 e. The molecule has 0 spiro atoms. The van der Waals surface area contributed by atoms with Gasteiger partial charge in [0.25, 0.3) is 0 Å². The van der Waals surface area contributed by atoms with Crippen LogP contribution in [0.5, 0.6) is 0 Å². The quantitative estimate of drug-likeness (QED) is 0.180. The van der Waals surface area contributed by atoms with Gasteiger partial charge in [-0.1, -0.05) is 80.9 Å². The van der Waals surface area contributed by atoms with Crippen molar-refractivity contribution in [1.82, 2.24) is 14.7 Å². The van der Waals surface area contributed by atoms with Crippen molar-refractivity contribution in [1.29, 1.82) is 0 Å². The molecule has 2 aromatic heterocycles. The molecule has 3 aromatic carbocycles. The van der Waals surface area contributed by atoms with E-state index in [-0.39, 0.29) is 5.41 Å². The van der Waals surface area contributed by atoms with Gasteiger partial charge in [-0.15, -0.1) is 11.3 Å². The zero-order chi connectivity index (χ0) is 30.4. The highest BCUT2D eigenvalue weighted by atomic mass is 35.5. The summed E-state index contributed by atoms with van der Waals surface area (Å²) < 4.78 is 26.3. The van der Waals surface area contributed by atoms with E-state index in [2.05, 4.69) is 62.1 Å². The van der Waals surface area contributed by atoms with E-state index in [1.165, 1.54) is 17.4 Å². The van der Waals surface area contributed by atoms with Gasteiger partial charge in [-0.05, 0) is 84.0 Å². The molecule has 222 valence electrons. The summed E-state index contributed by atoms with van der Waals surface area (Å²) in [5.74, 6) is 0. The van der Waals surface area contributed by atoms with E-state index in [0.717, 1.165) is 58.3 Å².